The Morgan fingerprint density at radius 2 is 1.81 bits per heavy atom. The number of aryl methyl sites for hydroxylation is 1. The molecule has 0 spiro atoms. The smallest absolute Gasteiger partial charge is 0.339 e. The molecule has 1 N–H and O–H groups in total. The highest BCUT2D eigenvalue weighted by Crippen LogP contribution is 2.35. The number of benzene rings is 1. The summed E-state index contributed by atoms with van der Waals surface area (Å²) in [6.45, 7) is 11.5. The van der Waals surface area contributed by atoms with Crippen molar-refractivity contribution in [2.24, 2.45) is 5.92 Å². The van der Waals surface area contributed by atoms with Crippen LogP contribution in [-0.4, -0.2) is 17.9 Å². The standard InChI is InChI=1S/C24H29NO6/c1-12(2)21(22(27)28)25-20(26)8-7-14-13(3)15-9-16-17(24(4,5)6)11-30-18(16)10-19(15)31-23(14)29/h9-12,21H,7-8H2,1-6H3,(H,25,26)(H,27,28)/p-1/t21-/m0/s1. The molecule has 2 heterocycles. The van der Waals surface area contributed by atoms with E-state index in [0.29, 0.717) is 16.7 Å². The van der Waals surface area contributed by atoms with Crippen LogP contribution in [0.1, 0.15) is 57.7 Å². The second-order valence-corrected chi connectivity index (χ2v) is 9.35. The highest BCUT2D eigenvalue weighted by atomic mass is 16.4. The van der Waals surface area contributed by atoms with Crippen LogP contribution < -0.4 is 16.0 Å². The molecule has 0 saturated carbocycles. The number of carbonyl (C=O) groups excluding carboxylic acids is 2. The molecule has 0 aliphatic heterocycles. The van der Waals surface area contributed by atoms with Crippen LogP contribution in [0.15, 0.2) is 32.0 Å². The fourth-order valence-corrected chi connectivity index (χ4v) is 3.76. The Bertz CT molecular complexity index is 1210. The van der Waals surface area contributed by atoms with Crippen LogP contribution in [0.25, 0.3) is 21.9 Å². The minimum Gasteiger partial charge on any atom is -0.548 e. The van der Waals surface area contributed by atoms with Crippen molar-refractivity contribution in [3.05, 3.63) is 45.5 Å². The van der Waals surface area contributed by atoms with Crippen molar-refractivity contribution in [3.8, 4) is 0 Å². The quantitative estimate of drug-likeness (QED) is 0.607. The first-order chi connectivity index (χ1) is 14.4. The molecule has 0 aliphatic rings. The molecule has 3 rings (SSSR count). The zero-order valence-electron chi connectivity index (χ0n) is 18.8. The van der Waals surface area contributed by atoms with E-state index in [1.807, 2.05) is 13.0 Å². The third-order valence-electron chi connectivity index (χ3n) is 5.63. The van der Waals surface area contributed by atoms with Crippen molar-refractivity contribution < 1.29 is 23.5 Å². The van der Waals surface area contributed by atoms with Gasteiger partial charge in [0.15, 0.2) is 0 Å². The number of rotatable bonds is 6. The van der Waals surface area contributed by atoms with E-state index >= 15 is 0 Å². The maximum atomic E-state index is 12.6. The number of amides is 1. The first-order valence-electron chi connectivity index (χ1n) is 10.4. The normalized spacial score (nSPS) is 13.1. The van der Waals surface area contributed by atoms with Crippen molar-refractivity contribution in [1.29, 1.82) is 0 Å². The molecule has 0 radical (unpaired) electrons. The van der Waals surface area contributed by atoms with Gasteiger partial charge < -0.3 is 24.1 Å². The fraction of sp³-hybridized carbons (Fsp3) is 0.458. The summed E-state index contributed by atoms with van der Waals surface area (Å²) in [6, 6.07) is 2.60. The molecule has 1 amide bonds. The molecular weight excluding hydrogens is 398 g/mol. The monoisotopic (exact) mass is 426 g/mol. The molecule has 7 nitrogen and oxygen atoms in total. The van der Waals surface area contributed by atoms with Crippen molar-refractivity contribution in [3.63, 3.8) is 0 Å². The Morgan fingerprint density at radius 1 is 1.13 bits per heavy atom. The molecule has 2 aromatic heterocycles. The summed E-state index contributed by atoms with van der Waals surface area (Å²) >= 11 is 0. The maximum absolute atomic E-state index is 12.6. The molecule has 1 aromatic carbocycles. The summed E-state index contributed by atoms with van der Waals surface area (Å²) in [4.78, 5) is 36.0. The molecular formula is C24H28NO6-. The van der Waals surface area contributed by atoms with E-state index < -0.39 is 23.5 Å². The number of nitrogens with one attached hydrogen (secondary N) is 1. The van der Waals surface area contributed by atoms with Crippen LogP contribution in [0, 0.1) is 12.8 Å². The van der Waals surface area contributed by atoms with Crippen LogP contribution in [0.4, 0.5) is 0 Å². The van der Waals surface area contributed by atoms with E-state index in [9.17, 15) is 19.5 Å². The van der Waals surface area contributed by atoms with Gasteiger partial charge >= 0.3 is 5.63 Å². The number of hydrogen-bond acceptors (Lipinski definition) is 6. The van der Waals surface area contributed by atoms with Crippen molar-refractivity contribution in [1.82, 2.24) is 5.32 Å². The summed E-state index contributed by atoms with van der Waals surface area (Å²) in [7, 11) is 0. The Hall–Kier alpha value is -3.09. The van der Waals surface area contributed by atoms with Gasteiger partial charge in [0.1, 0.15) is 11.2 Å². The predicted molar refractivity (Wildman–Crippen MR) is 116 cm³/mol. The average molecular weight is 426 g/mol. The van der Waals surface area contributed by atoms with Crippen molar-refractivity contribution >= 4 is 33.8 Å². The topological polar surface area (TPSA) is 113 Å². The van der Waals surface area contributed by atoms with E-state index in [4.69, 9.17) is 8.83 Å². The highest BCUT2D eigenvalue weighted by molar-refractivity contribution is 5.97. The van der Waals surface area contributed by atoms with Crippen LogP contribution in [0.2, 0.25) is 0 Å². The lowest BCUT2D eigenvalue weighted by atomic mass is 9.86. The average Bonchev–Trinajstić information content (AvgIpc) is 3.07. The Kier molecular flexibility index (Phi) is 5.98. The summed E-state index contributed by atoms with van der Waals surface area (Å²) in [6.07, 6.45) is 1.84. The van der Waals surface area contributed by atoms with E-state index in [2.05, 4.69) is 26.1 Å². The molecule has 0 bridgehead atoms. The predicted octanol–water partition coefficient (Wildman–Crippen LogP) is 2.97. The number of fused-ring (bicyclic) bond motifs is 2. The Morgan fingerprint density at radius 3 is 2.39 bits per heavy atom. The molecule has 7 heteroatoms. The first kappa shape index (κ1) is 22.6. The minimum atomic E-state index is -1.33. The van der Waals surface area contributed by atoms with Crippen LogP contribution in [0.5, 0.6) is 0 Å². The number of carbonyl (C=O) groups is 2. The van der Waals surface area contributed by atoms with Gasteiger partial charge in [0.2, 0.25) is 5.91 Å². The second-order valence-electron chi connectivity index (χ2n) is 9.35. The number of hydrogen-bond donors (Lipinski definition) is 1. The molecule has 0 fully saturated rings. The summed E-state index contributed by atoms with van der Waals surface area (Å²) in [5.41, 5.74) is 2.64. The van der Waals surface area contributed by atoms with Gasteiger partial charge in [0.25, 0.3) is 0 Å². The molecule has 0 saturated heterocycles. The van der Waals surface area contributed by atoms with Gasteiger partial charge in [0.05, 0.1) is 18.3 Å². The lowest BCUT2D eigenvalue weighted by Gasteiger charge is -2.23. The van der Waals surface area contributed by atoms with Crippen LogP contribution in [-0.2, 0) is 21.4 Å². The minimum absolute atomic E-state index is 0.0329. The van der Waals surface area contributed by atoms with Gasteiger partial charge in [-0.05, 0) is 36.3 Å². The zero-order chi connectivity index (χ0) is 23.1. The van der Waals surface area contributed by atoms with Crippen molar-refractivity contribution in [2.45, 2.75) is 65.8 Å². The third kappa shape index (κ3) is 4.50. The second kappa shape index (κ2) is 8.21. The van der Waals surface area contributed by atoms with Gasteiger partial charge in [-0.25, -0.2) is 4.79 Å². The number of carboxylic acids is 1. The molecule has 1 atom stereocenters. The van der Waals surface area contributed by atoms with Gasteiger partial charge in [-0.3, -0.25) is 4.79 Å². The van der Waals surface area contributed by atoms with Crippen LogP contribution >= 0.6 is 0 Å². The lowest BCUT2D eigenvalue weighted by Crippen LogP contribution is -2.50. The first-order valence-corrected chi connectivity index (χ1v) is 10.4. The third-order valence-corrected chi connectivity index (χ3v) is 5.63. The molecule has 166 valence electrons. The lowest BCUT2D eigenvalue weighted by molar-refractivity contribution is -0.309. The molecule has 0 aliphatic carbocycles. The van der Waals surface area contributed by atoms with E-state index in [-0.39, 0.29) is 24.2 Å². The summed E-state index contributed by atoms with van der Waals surface area (Å²) in [5, 5.41) is 15.4. The fourth-order valence-electron chi connectivity index (χ4n) is 3.76. The molecule has 31 heavy (non-hydrogen) atoms. The molecule has 3 aromatic rings. The summed E-state index contributed by atoms with van der Waals surface area (Å²) < 4.78 is 11.2. The van der Waals surface area contributed by atoms with E-state index in [1.165, 1.54) is 0 Å². The Labute approximate surface area is 180 Å². The summed E-state index contributed by atoms with van der Waals surface area (Å²) in [5.74, 6) is -2.10. The van der Waals surface area contributed by atoms with Crippen LogP contribution in [0.3, 0.4) is 0 Å². The van der Waals surface area contributed by atoms with Gasteiger partial charge in [-0.15, -0.1) is 0 Å². The zero-order valence-corrected chi connectivity index (χ0v) is 18.8. The number of furan rings is 1. The molecule has 0 unspecified atom stereocenters. The van der Waals surface area contributed by atoms with Crippen molar-refractivity contribution in [2.75, 3.05) is 0 Å². The number of aliphatic carboxylic acids is 1. The highest BCUT2D eigenvalue weighted by Gasteiger charge is 2.22. The van der Waals surface area contributed by atoms with E-state index in [0.717, 1.165) is 21.9 Å². The number of carboxylic acid groups (broad SMARTS) is 1. The van der Waals surface area contributed by atoms with Gasteiger partial charge in [-0.2, -0.15) is 0 Å². The Balaban J connectivity index is 1.94. The SMILES string of the molecule is Cc1c(CCC(=O)N[C@H](C(=O)[O-])C(C)C)c(=O)oc2cc3occ(C(C)(C)C)c3cc12. The van der Waals surface area contributed by atoms with Gasteiger partial charge in [-0.1, -0.05) is 34.6 Å². The maximum Gasteiger partial charge on any atom is 0.339 e. The van der Waals surface area contributed by atoms with Gasteiger partial charge in [0, 0.05) is 34.4 Å². The largest absolute Gasteiger partial charge is 0.548 e. The van der Waals surface area contributed by atoms with E-state index in [1.54, 1.807) is 26.2 Å².